The Labute approximate surface area is 182 Å². The fourth-order valence-corrected chi connectivity index (χ4v) is 2.83. The molecule has 2 rings (SSSR count). The number of aromatic nitrogens is 1. The number of alkyl halides is 3. The van der Waals surface area contributed by atoms with Gasteiger partial charge in [-0.25, -0.2) is 4.98 Å². The number of thiazole rings is 1. The Hall–Kier alpha value is -1.76. The highest BCUT2D eigenvalue weighted by molar-refractivity contribution is 14.0. The van der Waals surface area contributed by atoms with Gasteiger partial charge in [-0.05, 0) is 19.1 Å². The van der Waals surface area contributed by atoms with Gasteiger partial charge in [0, 0.05) is 18.5 Å². The Morgan fingerprint density at radius 2 is 2.00 bits per heavy atom. The van der Waals surface area contributed by atoms with Crippen LogP contribution in [0.1, 0.15) is 17.6 Å². The lowest BCUT2D eigenvalue weighted by Gasteiger charge is -2.17. The smallest absolute Gasteiger partial charge is 0.434 e. The van der Waals surface area contributed by atoms with Crippen molar-refractivity contribution < 1.29 is 22.6 Å². The van der Waals surface area contributed by atoms with E-state index in [0.29, 0.717) is 29.0 Å². The summed E-state index contributed by atoms with van der Waals surface area (Å²) in [6.45, 7) is 2.48. The van der Waals surface area contributed by atoms with Gasteiger partial charge in [0.1, 0.15) is 22.6 Å². The average Bonchev–Trinajstić information content (AvgIpc) is 3.11. The van der Waals surface area contributed by atoms with Crippen LogP contribution >= 0.6 is 35.3 Å². The van der Waals surface area contributed by atoms with Gasteiger partial charge in [-0.15, -0.1) is 35.3 Å². The van der Waals surface area contributed by atoms with Crippen LogP contribution < -0.4 is 20.1 Å². The number of benzene rings is 1. The van der Waals surface area contributed by atoms with E-state index in [9.17, 15) is 13.2 Å². The molecule has 6 nitrogen and oxygen atoms in total. The Bertz CT molecular complexity index is 771. The molecular weight excluding hydrogens is 508 g/mol. The zero-order valence-electron chi connectivity index (χ0n) is 15.5. The first-order valence-electron chi connectivity index (χ1n) is 8.08. The number of nitrogens with one attached hydrogen (secondary N) is 2. The van der Waals surface area contributed by atoms with E-state index in [1.807, 2.05) is 25.1 Å². The van der Waals surface area contributed by atoms with Crippen LogP contribution in [-0.4, -0.2) is 37.7 Å². The summed E-state index contributed by atoms with van der Waals surface area (Å²) in [5, 5.41) is 7.32. The van der Waals surface area contributed by atoms with Gasteiger partial charge < -0.3 is 20.1 Å². The molecule has 0 spiro atoms. The molecule has 28 heavy (non-hydrogen) atoms. The van der Waals surface area contributed by atoms with E-state index < -0.39 is 11.9 Å². The number of nitrogens with zero attached hydrogens (tertiary/aromatic N) is 2. The summed E-state index contributed by atoms with van der Waals surface area (Å²) >= 11 is 0.946. The predicted molar refractivity (Wildman–Crippen MR) is 114 cm³/mol. The maximum absolute atomic E-state index is 12.6. The Morgan fingerprint density at radius 3 is 2.61 bits per heavy atom. The molecule has 0 saturated heterocycles. The molecule has 11 heteroatoms. The quantitative estimate of drug-likeness (QED) is 0.323. The second kappa shape index (κ2) is 11.3. The van der Waals surface area contributed by atoms with Crippen LogP contribution in [0.5, 0.6) is 11.5 Å². The number of hydrogen-bond acceptors (Lipinski definition) is 5. The summed E-state index contributed by atoms with van der Waals surface area (Å²) in [7, 11) is 3.16. The summed E-state index contributed by atoms with van der Waals surface area (Å²) < 4.78 is 48.6. The standard InChI is InChI=1S/C17H21F3N4O2S.HI/c1-11(26-13-6-4-5-12(7-13)25-3)8-22-16(21-2)23-9-15-24-14(10-27-15)17(18,19)20;/h4-7,10-11H,8-9H2,1-3H3,(H2,21,22,23);1H. The van der Waals surface area contributed by atoms with Crippen LogP contribution in [0.3, 0.4) is 0 Å². The molecule has 2 aromatic rings. The molecule has 0 amide bonds. The number of aliphatic imine (C=N–C) groups is 1. The van der Waals surface area contributed by atoms with Crippen molar-refractivity contribution >= 4 is 41.3 Å². The third kappa shape index (κ3) is 7.70. The van der Waals surface area contributed by atoms with Crippen LogP contribution in [0.2, 0.25) is 0 Å². The zero-order chi connectivity index (χ0) is 19.9. The molecule has 1 aromatic carbocycles. The number of ether oxygens (including phenoxy) is 2. The maximum atomic E-state index is 12.6. The molecule has 0 aliphatic carbocycles. The van der Waals surface area contributed by atoms with Crippen molar-refractivity contribution in [3.05, 3.63) is 40.3 Å². The SMILES string of the molecule is CN=C(NCc1nc(C(F)(F)F)cs1)NCC(C)Oc1cccc(OC)c1.I. The Balaban J connectivity index is 0.00000392. The number of guanidine groups is 1. The van der Waals surface area contributed by atoms with Crippen molar-refractivity contribution in [2.75, 3.05) is 20.7 Å². The van der Waals surface area contributed by atoms with Crippen LogP contribution in [0.4, 0.5) is 13.2 Å². The maximum Gasteiger partial charge on any atom is 0.434 e. The van der Waals surface area contributed by atoms with Crippen molar-refractivity contribution in [1.82, 2.24) is 15.6 Å². The summed E-state index contributed by atoms with van der Waals surface area (Å²) in [6, 6.07) is 7.26. The van der Waals surface area contributed by atoms with Gasteiger partial charge in [0.05, 0.1) is 20.2 Å². The fourth-order valence-electron chi connectivity index (χ4n) is 2.09. The van der Waals surface area contributed by atoms with Gasteiger partial charge in [0.15, 0.2) is 11.7 Å². The number of hydrogen-bond donors (Lipinski definition) is 2. The van der Waals surface area contributed by atoms with E-state index in [1.54, 1.807) is 20.2 Å². The van der Waals surface area contributed by atoms with Crippen molar-refractivity contribution in [1.29, 1.82) is 0 Å². The molecule has 0 aliphatic heterocycles. The minimum Gasteiger partial charge on any atom is -0.497 e. The van der Waals surface area contributed by atoms with Crippen molar-refractivity contribution in [2.45, 2.75) is 25.7 Å². The van der Waals surface area contributed by atoms with Crippen LogP contribution in [0.25, 0.3) is 0 Å². The third-order valence-electron chi connectivity index (χ3n) is 3.41. The molecule has 0 bridgehead atoms. The largest absolute Gasteiger partial charge is 0.497 e. The van der Waals surface area contributed by atoms with E-state index in [-0.39, 0.29) is 36.6 Å². The van der Waals surface area contributed by atoms with E-state index in [0.717, 1.165) is 16.7 Å². The lowest BCUT2D eigenvalue weighted by molar-refractivity contribution is -0.140. The molecule has 1 atom stereocenters. The van der Waals surface area contributed by atoms with Crippen molar-refractivity contribution in [3.8, 4) is 11.5 Å². The van der Waals surface area contributed by atoms with E-state index in [4.69, 9.17) is 9.47 Å². The number of methoxy groups -OCH3 is 1. The van der Waals surface area contributed by atoms with Gasteiger partial charge in [-0.1, -0.05) is 6.07 Å². The summed E-state index contributed by atoms with van der Waals surface area (Å²) in [5.74, 6) is 1.82. The van der Waals surface area contributed by atoms with Gasteiger partial charge in [0.25, 0.3) is 0 Å². The predicted octanol–water partition coefficient (Wildman–Crippen LogP) is 3.92. The molecule has 2 N–H and O–H groups in total. The highest BCUT2D eigenvalue weighted by Crippen LogP contribution is 2.29. The Kier molecular flexibility index (Phi) is 9.79. The molecule has 1 heterocycles. The highest BCUT2D eigenvalue weighted by atomic mass is 127. The van der Waals surface area contributed by atoms with Gasteiger partial charge in [-0.2, -0.15) is 13.2 Å². The average molecular weight is 530 g/mol. The molecular formula is C17H22F3IN4O2S. The Morgan fingerprint density at radius 1 is 1.29 bits per heavy atom. The van der Waals surface area contributed by atoms with E-state index in [1.165, 1.54) is 0 Å². The molecule has 1 aromatic heterocycles. The first-order valence-corrected chi connectivity index (χ1v) is 8.96. The molecule has 0 aliphatic rings. The number of halogens is 4. The lowest BCUT2D eigenvalue weighted by Crippen LogP contribution is -2.41. The molecule has 0 radical (unpaired) electrons. The second-order valence-corrected chi connectivity index (χ2v) is 6.48. The summed E-state index contributed by atoms with van der Waals surface area (Å²) in [4.78, 5) is 7.61. The fraction of sp³-hybridized carbons (Fsp3) is 0.412. The van der Waals surface area contributed by atoms with Gasteiger partial charge >= 0.3 is 6.18 Å². The van der Waals surface area contributed by atoms with Crippen LogP contribution in [0, 0.1) is 0 Å². The topological polar surface area (TPSA) is 67.8 Å². The van der Waals surface area contributed by atoms with E-state index >= 15 is 0 Å². The van der Waals surface area contributed by atoms with Crippen molar-refractivity contribution in [2.24, 2.45) is 4.99 Å². The normalized spacial score (nSPS) is 12.7. The lowest BCUT2D eigenvalue weighted by atomic mass is 10.3. The first-order chi connectivity index (χ1) is 12.8. The van der Waals surface area contributed by atoms with Gasteiger partial charge in [0.2, 0.25) is 0 Å². The zero-order valence-corrected chi connectivity index (χ0v) is 18.7. The molecule has 156 valence electrons. The minimum absolute atomic E-state index is 0. The molecule has 1 unspecified atom stereocenters. The molecule has 0 fully saturated rings. The molecule has 0 saturated carbocycles. The van der Waals surface area contributed by atoms with Crippen molar-refractivity contribution in [3.63, 3.8) is 0 Å². The first kappa shape index (κ1) is 24.3. The number of rotatable bonds is 7. The third-order valence-corrected chi connectivity index (χ3v) is 4.26. The van der Waals surface area contributed by atoms with Crippen LogP contribution in [-0.2, 0) is 12.7 Å². The summed E-state index contributed by atoms with van der Waals surface area (Å²) in [6.07, 6.45) is -4.60. The highest BCUT2D eigenvalue weighted by Gasteiger charge is 2.33. The van der Waals surface area contributed by atoms with Crippen LogP contribution in [0.15, 0.2) is 34.6 Å². The summed E-state index contributed by atoms with van der Waals surface area (Å²) in [5.41, 5.74) is -0.882. The second-order valence-electron chi connectivity index (χ2n) is 5.54. The van der Waals surface area contributed by atoms with E-state index in [2.05, 4.69) is 20.6 Å². The minimum atomic E-state index is -4.43. The monoisotopic (exact) mass is 530 g/mol. The van der Waals surface area contributed by atoms with Gasteiger partial charge in [-0.3, -0.25) is 4.99 Å².